The number of aromatic nitrogens is 2. The third-order valence-corrected chi connectivity index (χ3v) is 2.65. The first-order valence-corrected chi connectivity index (χ1v) is 5.73. The lowest BCUT2D eigenvalue weighted by Crippen LogP contribution is -2.29. The molecule has 1 amide bonds. The molecule has 1 atom stereocenters. The van der Waals surface area contributed by atoms with E-state index in [1.807, 2.05) is 6.07 Å². The van der Waals surface area contributed by atoms with Crippen LogP contribution in [0.2, 0.25) is 0 Å². The molecular weight excluding hydrogens is 246 g/mol. The van der Waals surface area contributed by atoms with Crippen LogP contribution < -0.4 is 5.32 Å². The fraction of sp³-hybridized carbons (Fsp3) is 0.154. The van der Waals surface area contributed by atoms with Gasteiger partial charge in [0, 0.05) is 6.20 Å². The number of rotatable bonds is 5. The number of carbonyl (C=O) groups is 2. The topological polar surface area (TPSA) is 95.1 Å². The zero-order chi connectivity index (χ0) is 13.7. The summed E-state index contributed by atoms with van der Waals surface area (Å²) in [6, 6.07) is 8.43. The second kappa shape index (κ2) is 5.81. The van der Waals surface area contributed by atoms with E-state index in [1.54, 1.807) is 24.3 Å². The summed E-state index contributed by atoms with van der Waals surface area (Å²) >= 11 is 0. The number of nitrogens with zero attached hydrogens (tertiary/aromatic N) is 1. The molecule has 6 heteroatoms. The van der Waals surface area contributed by atoms with Crippen LogP contribution in [0, 0.1) is 0 Å². The van der Waals surface area contributed by atoms with Crippen LogP contribution in [0.15, 0.2) is 42.7 Å². The first-order valence-electron chi connectivity index (χ1n) is 5.73. The average molecular weight is 259 g/mol. The van der Waals surface area contributed by atoms with Gasteiger partial charge in [-0.1, -0.05) is 30.3 Å². The summed E-state index contributed by atoms with van der Waals surface area (Å²) in [6.07, 6.45) is 2.67. The van der Waals surface area contributed by atoms with E-state index in [-0.39, 0.29) is 12.3 Å². The number of aromatic amines is 1. The van der Waals surface area contributed by atoms with Gasteiger partial charge >= 0.3 is 5.97 Å². The molecule has 0 saturated heterocycles. The lowest BCUT2D eigenvalue weighted by molar-refractivity contribution is -0.137. The first-order chi connectivity index (χ1) is 9.16. The molecule has 0 saturated carbocycles. The SMILES string of the molecule is O=C(O)CC(NC(=O)c1cn[nH]c1)c1ccccc1. The fourth-order valence-corrected chi connectivity index (χ4v) is 1.73. The third kappa shape index (κ3) is 3.41. The van der Waals surface area contributed by atoms with Crippen molar-refractivity contribution in [2.24, 2.45) is 0 Å². The van der Waals surface area contributed by atoms with Crippen molar-refractivity contribution in [1.82, 2.24) is 15.5 Å². The Morgan fingerprint density at radius 1 is 1.32 bits per heavy atom. The number of carboxylic acids is 1. The number of benzene rings is 1. The van der Waals surface area contributed by atoms with E-state index in [4.69, 9.17) is 5.11 Å². The second-order valence-electron chi connectivity index (χ2n) is 4.02. The Bertz CT molecular complexity index is 552. The van der Waals surface area contributed by atoms with Crippen LogP contribution in [-0.4, -0.2) is 27.2 Å². The van der Waals surface area contributed by atoms with Crippen molar-refractivity contribution in [2.75, 3.05) is 0 Å². The summed E-state index contributed by atoms with van der Waals surface area (Å²) in [5, 5.41) is 17.8. The Hall–Kier alpha value is -2.63. The smallest absolute Gasteiger partial charge is 0.305 e. The summed E-state index contributed by atoms with van der Waals surface area (Å²) in [6.45, 7) is 0. The molecule has 98 valence electrons. The Morgan fingerprint density at radius 3 is 2.63 bits per heavy atom. The zero-order valence-electron chi connectivity index (χ0n) is 10.0. The van der Waals surface area contributed by atoms with E-state index in [1.165, 1.54) is 12.4 Å². The lowest BCUT2D eigenvalue weighted by Gasteiger charge is -2.16. The molecular formula is C13H13N3O3. The minimum Gasteiger partial charge on any atom is -0.481 e. The van der Waals surface area contributed by atoms with Crippen LogP contribution in [0.4, 0.5) is 0 Å². The highest BCUT2D eigenvalue weighted by Crippen LogP contribution is 2.17. The highest BCUT2D eigenvalue weighted by molar-refractivity contribution is 5.94. The number of amides is 1. The molecule has 1 unspecified atom stereocenters. The maximum absolute atomic E-state index is 11.9. The van der Waals surface area contributed by atoms with E-state index in [2.05, 4.69) is 15.5 Å². The number of aliphatic carboxylic acids is 1. The number of hydrogen-bond donors (Lipinski definition) is 3. The van der Waals surface area contributed by atoms with Crippen LogP contribution in [-0.2, 0) is 4.79 Å². The van der Waals surface area contributed by atoms with Crippen LogP contribution in [0.1, 0.15) is 28.4 Å². The van der Waals surface area contributed by atoms with E-state index in [0.717, 1.165) is 5.56 Å². The second-order valence-corrected chi connectivity index (χ2v) is 4.02. The van der Waals surface area contributed by atoms with Gasteiger partial charge in [0.15, 0.2) is 0 Å². The number of hydrogen-bond acceptors (Lipinski definition) is 3. The molecule has 1 aromatic heterocycles. The van der Waals surface area contributed by atoms with Crippen LogP contribution in [0.3, 0.4) is 0 Å². The van der Waals surface area contributed by atoms with Crippen molar-refractivity contribution < 1.29 is 14.7 Å². The first kappa shape index (κ1) is 12.8. The molecule has 19 heavy (non-hydrogen) atoms. The van der Waals surface area contributed by atoms with Gasteiger partial charge in [-0.25, -0.2) is 0 Å². The molecule has 0 aliphatic rings. The van der Waals surface area contributed by atoms with E-state index >= 15 is 0 Å². The van der Waals surface area contributed by atoms with Gasteiger partial charge in [0.1, 0.15) is 0 Å². The summed E-state index contributed by atoms with van der Waals surface area (Å²) in [5.74, 6) is -1.33. The molecule has 2 rings (SSSR count). The minimum absolute atomic E-state index is 0.173. The number of nitrogens with one attached hydrogen (secondary N) is 2. The normalized spacial score (nSPS) is 11.8. The molecule has 0 fully saturated rings. The van der Waals surface area contributed by atoms with Gasteiger partial charge in [-0.3, -0.25) is 14.7 Å². The molecule has 0 spiro atoms. The maximum atomic E-state index is 11.9. The molecule has 0 aliphatic carbocycles. The molecule has 1 heterocycles. The lowest BCUT2D eigenvalue weighted by atomic mass is 10.0. The van der Waals surface area contributed by atoms with E-state index in [9.17, 15) is 9.59 Å². The van der Waals surface area contributed by atoms with Gasteiger partial charge in [-0.05, 0) is 5.56 Å². The fourth-order valence-electron chi connectivity index (χ4n) is 1.73. The van der Waals surface area contributed by atoms with E-state index < -0.39 is 12.0 Å². The van der Waals surface area contributed by atoms with Crippen LogP contribution in [0.5, 0.6) is 0 Å². The van der Waals surface area contributed by atoms with Gasteiger partial charge in [-0.2, -0.15) is 5.10 Å². The Labute approximate surface area is 109 Å². The Kier molecular flexibility index (Phi) is 3.92. The maximum Gasteiger partial charge on any atom is 0.305 e. The van der Waals surface area contributed by atoms with Gasteiger partial charge in [0.05, 0.1) is 24.2 Å². The molecule has 2 aromatic rings. The molecule has 1 aromatic carbocycles. The van der Waals surface area contributed by atoms with Crippen molar-refractivity contribution in [3.63, 3.8) is 0 Å². The van der Waals surface area contributed by atoms with Crippen molar-refractivity contribution in [1.29, 1.82) is 0 Å². The minimum atomic E-state index is -0.971. The van der Waals surface area contributed by atoms with E-state index in [0.29, 0.717) is 5.56 Å². The number of carboxylic acid groups (broad SMARTS) is 1. The predicted molar refractivity (Wildman–Crippen MR) is 67.5 cm³/mol. The molecule has 0 radical (unpaired) electrons. The number of carbonyl (C=O) groups excluding carboxylic acids is 1. The number of H-pyrrole nitrogens is 1. The van der Waals surface area contributed by atoms with Crippen molar-refractivity contribution in [3.8, 4) is 0 Å². The summed E-state index contributed by atoms with van der Waals surface area (Å²) < 4.78 is 0. The predicted octanol–water partition coefficient (Wildman–Crippen LogP) is 1.36. The van der Waals surface area contributed by atoms with Gasteiger partial charge in [0.2, 0.25) is 0 Å². The highest BCUT2D eigenvalue weighted by atomic mass is 16.4. The quantitative estimate of drug-likeness (QED) is 0.755. The third-order valence-electron chi connectivity index (χ3n) is 2.65. The summed E-state index contributed by atoms with van der Waals surface area (Å²) in [7, 11) is 0. The molecule has 3 N–H and O–H groups in total. The Balaban J connectivity index is 2.15. The summed E-state index contributed by atoms with van der Waals surface area (Å²) in [5.41, 5.74) is 1.12. The summed E-state index contributed by atoms with van der Waals surface area (Å²) in [4.78, 5) is 22.8. The monoisotopic (exact) mass is 259 g/mol. The Morgan fingerprint density at radius 2 is 2.05 bits per heavy atom. The van der Waals surface area contributed by atoms with Gasteiger partial charge in [0.25, 0.3) is 5.91 Å². The molecule has 6 nitrogen and oxygen atoms in total. The van der Waals surface area contributed by atoms with Crippen molar-refractivity contribution in [3.05, 3.63) is 53.9 Å². The van der Waals surface area contributed by atoms with Crippen LogP contribution in [0.25, 0.3) is 0 Å². The van der Waals surface area contributed by atoms with Crippen LogP contribution >= 0.6 is 0 Å². The van der Waals surface area contributed by atoms with Gasteiger partial charge in [-0.15, -0.1) is 0 Å². The molecule has 0 aliphatic heterocycles. The highest BCUT2D eigenvalue weighted by Gasteiger charge is 2.19. The standard InChI is InChI=1S/C13H13N3O3/c17-12(18)6-11(9-4-2-1-3-5-9)16-13(19)10-7-14-15-8-10/h1-5,7-8,11H,6H2,(H,14,15)(H,16,19)(H,17,18). The van der Waals surface area contributed by atoms with Gasteiger partial charge < -0.3 is 10.4 Å². The largest absolute Gasteiger partial charge is 0.481 e. The molecule has 0 bridgehead atoms. The van der Waals surface area contributed by atoms with Crippen molar-refractivity contribution in [2.45, 2.75) is 12.5 Å². The zero-order valence-corrected chi connectivity index (χ0v) is 10.0. The van der Waals surface area contributed by atoms with Crippen molar-refractivity contribution >= 4 is 11.9 Å². The average Bonchev–Trinajstić information content (AvgIpc) is 2.92.